The van der Waals surface area contributed by atoms with Crippen molar-refractivity contribution in [2.24, 2.45) is 0 Å². The first kappa shape index (κ1) is 17.9. The van der Waals surface area contributed by atoms with Gasteiger partial charge >= 0.3 is 5.76 Å². The van der Waals surface area contributed by atoms with Gasteiger partial charge in [0.1, 0.15) is 0 Å². The highest BCUT2D eigenvalue weighted by molar-refractivity contribution is 7.99. The summed E-state index contributed by atoms with van der Waals surface area (Å²) in [5.74, 6) is 0.566. The van der Waals surface area contributed by atoms with E-state index < -0.39 is 0 Å². The van der Waals surface area contributed by atoms with Gasteiger partial charge in [-0.15, -0.1) is 0 Å². The quantitative estimate of drug-likeness (QED) is 0.342. The number of para-hydroxylation sites is 4. The zero-order valence-corrected chi connectivity index (χ0v) is 15.9. The number of hydrogen-bond donors (Lipinski definition) is 0. The number of aromatic nitrogens is 3. The largest absolute Gasteiger partial charge is 0.419 e. The molecule has 0 N–H and O–H groups in total. The van der Waals surface area contributed by atoms with Gasteiger partial charge in [0, 0.05) is 26.0 Å². The summed E-state index contributed by atoms with van der Waals surface area (Å²) >= 11 is 1.71. The first-order chi connectivity index (χ1) is 13.3. The topological polar surface area (TPSA) is 62.2 Å². The number of methoxy groups -OCH3 is 1. The van der Waals surface area contributed by atoms with E-state index in [1.807, 2.05) is 42.5 Å². The molecular formula is C20H21N3O3S. The van der Waals surface area contributed by atoms with Crippen LogP contribution in [0.15, 0.2) is 62.9 Å². The van der Waals surface area contributed by atoms with Crippen LogP contribution < -0.4 is 5.76 Å². The fourth-order valence-corrected chi connectivity index (χ4v) is 4.14. The monoisotopic (exact) mass is 383 g/mol. The minimum absolute atomic E-state index is 0.298. The summed E-state index contributed by atoms with van der Waals surface area (Å²) in [5.41, 5.74) is 3.60. The molecule has 0 aliphatic heterocycles. The van der Waals surface area contributed by atoms with E-state index in [1.54, 1.807) is 23.4 Å². The summed E-state index contributed by atoms with van der Waals surface area (Å²) in [5, 5.41) is 0.984. The lowest BCUT2D eigenvalue weighted by Crippen LogP contribution is -2.14. The van der Waals surface area contributed by atoms with Crippen LogP contribution >= 0.6 is 11.8 Å². The number of aryl methyl sites for hydroxylation is 1. The van der Waals surface area contributed by atoms with Gasteiger partial charge < -0.3 is 13.7 Å². The normalized spacial score (nSPS) is 11.6. The molecule has 140 valence electrons. The summed E-state index contributed by atoms with van der Waals surface area (Å²) in [4.78, 5) is 16.8. The molecule has 2 aromatic heterocycles. The Morgan fingerprint density at radius 1 is 1.04 bits per heavy atom. The molecule has 0 saturated heterocycles. The molecule has 0 saturated carbocycles. The number of fused-ring (bicyclic) bond motifs is 2. The lowest BCUT2D eigenvalue weighted by molar-refractivity contribution is 0.186. The average Bonchev–Trinajstić information content (AvgIpc) is 3.20. The van der Waals surface area contributed by atoms with E-state index in [9.17, 15) is 4.79 Å². The highest BCUT2D eigenvalue weighted by Gasteiger charge is 2.12. The van der Waals surface area contributed by atoms with Crippen molar-refractivity contribution in [1.29, 1.82) is 0 Å². The van der Waals surface area contributed by atoms with Crippen LogP contribution in [-0.2, 0) is 17.8 Å². The summed E-state index contributed by atoms with van der Waals surface area (Å²) in [7, 11) is 1.71. The van der Waals surface area contributed by atoms with E-state index in [-0.39, 0.29) is 5.76 Å². The maximum atomic E-state index is 12.1. The first-order valence-corrected chi connectivity index (χ1v) is 9.92. The Morgan fingerprint density at radius 2 is 1.81 bits per heavy atom. The number of ether oxygens (including phenoxy) is 1. The first-order valence-electron chi connectivity index (χ1n) is 8.93. The zero-order valence-electron chi connectivity index (χ0n) is 15.1. The van der Waals surface area contributed by atoms with Crippen LogP contribution in [0.1, 0.15) is 6.42 Å². The van der Waals surface area contributed by atoms with Crippen molar-refractivity contribution in [3.05, 3.63) is 59.1 Å². The Morgan fingerprint density at radius 3 is 2.67 bits per heavy atom. The van der Waals surface area contributed by atoms with Gasteiger partial charge in [-0.25, -0.2) is 9.78 Å². The standard InChI is InChI=1S/C20H21N3O3S/c1-25-13-12-22-16-8-3-2-7-15(16)21-19(22)27-14-6-11-23-17-9-4-5-10-18(17)26-20(23)24/h2-5,7-10H,6,11-14H2,1H3. The number of thioether (sulfide) groups is 1. The molecule has 0 aliphatic rings. The van der Waals surface area contributed by atoms with Gasteiger partial charge in [0.2, 0.25) is 0 Å². The van der Waals surface area contributed by atoms with Crippen molar-refractivity contribution in [3.8, 4) is 0 Å². The van der Waals surface area contributed by atoms with E-state index in [0.29, 0.717) is 18.7 Å². The molecule has 0 radical (unpaired) electrons. The third-order valence-electron chi connectivity index (χ3n) is 4.47. The SMILES string of the molecule is COCCn1c(SCCCn2c(=O)oc3ccccc32)nc2ccccc21. The predicted octanol–water partition coefficient (Wildman–Crippen LogP) is 3.77. The molecule has 0 aliphatic carbocycles. The summed E-state index contributed by atoms with van der Waals surface area (Å²) in [6.45, 7) is 2.04. The molecule has 0 fully saturated rings. The van der Waals surface area contributed by atoms with Crippen LogP contribution in [0.4, 0.5) is 0 Å². The number of benzene rings is 2. The third-order valence-corrected chi connectivity index (χ3v) is 5.53. The van der Waals surface area contributed by atoms with Crippen LogP contribution in [0.2, 0.25) is 0 Å². The van der Waals surface area contributed by atoms with Gasteiger partial charge in [-0.05, 0) is 30.7 Å². The van der Waals surface area contributed by atoms with E-state index in [4.69, 9.17) is 14.1 Å². The Balaban J connectivity index is 1.46. The molecule has 0 amide bonds. The fraction of sp³-hybridized carbons (Fsp3) is 0.300. The van der Waals surface area contributed by atoms with Gasteiger partial charge in [0.25, 0.3) is 0 Å². The second-order valence-electron chi connectivity index (χ2n) is 6.22. The van der Waals surface area contributed by atoms with Gasteiger partial charge in [0.05, 0.1) is 23.2 Å². The van der Waals surface area contributed by atoms with Crippen LogP contribution in [0, 0.1) is 0 Å². The highest BCUT2D eigenvalue weighted by atomic mass is 32.2. The van der Waals surface area contributed by atoms with Crippen LogP contribution in [0.25, 0.3) is 22.1 Å². The molecular weight excluding hydrogens is 362 g/mol. The number of hydrogen-bond acceptors (Lipinski definition) is 5. The molecule has 0 bridgehead atoms. The third kappa shape index (κ3) is 3.65. The maximum Gasteiger partial charge on any atom is 0.419 e. The Hall–Kier alpha value is -2.51. The maximum absolute atomic E-state index is 12.1. The smallest absolute Gasteiger partial charge is 0.408 e. The molecule has 4 aromatic rings. The summed E-state index contributed by atoms with van der Waals surface area (Å²) in [6, 6.07) is 15.7. The second kappa shape index (κ2) is 8.02. The molecule has 2 aromatic carbocycles. The minimum Gasteiger partial charge on any atom is -0.408 e. The van der Waals surface area contributed by atoms with Crippen LogP contribution in [-0.4, -0.2) is 33.6 Å². The summed E-state index contributed by atoms with van der Waals surface area (Å²) in [6.07, 6.45) is 0.849. The predicted molar refractivity (Wildman–Crippen MR) is 107 cm³/mol. The van der Waals surface area contributed by atoms with E-state index >= 15 is 0 Å². The van der Waals surface area contributed by atoms with E-state index in [2.05, 4.69) is 10.6 Å². The van der Waals surface area contributed by atoms with Crippen molar-refractivity contribution in [2.75, 3.05) is 19.5 Å². The van der Waals surface area contributed by atoms with Crippen molar-refractivity contribution in [1.82, 2.24) is 14.1 Å². The van der Waals surface area contributed by atoms with E-state index in [1.165, 1.54) is 0 Å². The fourth-order valence-electron chi connectivity index (χ4n) is 3.17. The van der Waals surface area contributed by atoms with Crippen LogP contribution in [0.5, 0.6) is 0 Å². The molecule has 2 heterocycles. The van der Waals surface area contributed by atoms with Crippen LogP contribution in [0.3, 0.4) is 0 Å². The van der Waals surface area contributed by atoms with Crippen molar-refractivity contribution in [2.45, 2.75) is 24.7 Å². The molecule has 7 heteroatoms. The zero-order chi connectivity index (χ0) is 18.6. The number of imidazole rings is 1. The van der Waals surface area contributed by atoms with Crippen molar-refractivity contribution in [3.63, 3.8) is 0 Å². The lowest BCUT2D eigenvalue weighted by atomic mass is 10.3. The van der Waals surface area contributed by atoms with Crippen molar-refractivity contribution >= 4 is 33.9 Å². The molecule has 6 nitrogen and oxygen atoms in total. The van der Waals surface area contributed by atoms with Gasteiger partial charge in [0.15, 0.2) is 10.7 Å². The second-order valence-corrected chi connectivity index (χ2v) is 7.28. The number of oxazole rings is 1. The lowest BCUT2D eigenvalue weighted by Gasteiger charge is -2.08. The van der Waals surface area contributed by atoms with E-state index in [0.717, 1.165) is 40.4 Å². The Labute approximate surface area is 160 Å². The Kier molecular flexibility index (Phi) is 5.31. The molecule has 0 spiro atoms. The Bertz CT molecular complexity index is 1110. The molecule has 0 atom stereocenters. The molecule has 27 heavy (non-hydrogen) atoms. The van der Waals surface area contributed by atoms with Gasteiger partial charge in [-0.2, -0.15) is 0 Å². The number of nitrogens with zero attached hydrogens (tertiary/aromatic N) is 3. The van der Waals surface area contributed by atoms with Gasteiger partial charge in [-0.3, -0.25) is 4.57 Å². The number of rotatable bonds is 8. The minimum atomic E-state index is -0.298. The van der Waals surface area contributed by atoms with Crippen molar-refractivity contribution < 1.29 is 9.15 Å². The molecule has 0 unspecified atom stereocenters. The highest BCUT2D eigenvalue weighted by Crippen LogP contribution is 2.25. The summed E-state index contributed by atoms with van der Waals surface area (Å²) < 4.78 is 14.4. The molecule has 4 rings (SSSR count). The van der Waals surface area contributed by atoms with Gasteiger partial charge in [-0.1, -0.05) is 36.0 Å². The average molecular weight is 383 g/mol.